The standard InChI is InChI=1S/C14H24N2/c1-5-7-15-9-12(3)13(4)14-10-16-8-6-11(14)2/h6,8,10,12-13,15H,5,7,9H2,1-4H3. The molecule has 2 nitrogen and oxygen atoms in total. The first-order valence-electron chi connectivity index (χ1n) is 6.28. The van der Waals surface area contributed by atoms with Crippen molar-refractivity contribution in [3.05, 3.63) is 29.6 Å². The maximum atomic E-state index is 4.23. The van der Waals surface area contributed by atoms with Gasteiger partial charge < -0.3 is 5.32 Å². The van der Waals surface area contributed by atoms with Crippen molar-refractivity contribution >= 4 is 0 Å². The van der Waals surface area contributed by atoms with Gasteiger partial charge in [-0.25, -0.2) is 0 Å². The fourth-order valence-corrected chi connectivity index (χ4v) is 1.94. The van der Waals surface area contributed by atoms with Gasteiger partial charge in [-0.3, -0.25) is 4.98 Å². The molecule has 0 spiro atoms. The number of hydrogen-bond donors (Lipinski definition) is 1. The average Bonchev–Trinajstić information content (AvgIpc) is 2.29. The Balaban J connectivity index is 2.56. The summed E-state index contributed by atoms with van der Waals surface area (Å²) in [4.78, 5) is 4.23. The Morgan fingerprint density at radius 3 is 2.75 bits per heavy atom. The van der Waals surface area contributed by atoms with E-state index in [2.05, 4.69) is 44.1 Å². The van der Waals surface area contributed by atoms with E-state index < -0.39 is 0 Å². The number of nitrogens with one attached hydrogen (secondary N) is 1. The second kappa shape index (κ2) is 6.64. The average molecular weight is 220 g/mol. The molecule has 90 valence electrons. The lowest BCUT2D eigenvalue weighted by atomic mass is 9.87. The highest BCUT2D eigenvalue weighted by atomic mass is 14.8. The van der Waals surface area contributed by atoms with Crippen molar-refractivity contribution in [3.8, 4) is 0 Å². The Bertz CT molecular complexity index is 309. The summed E-state index contributed by atoms with van der Waals surface area (Å²) >= 11 is 0. The van der Waals surface area contributed by atoms with E-state index in [9.17, 15) is 0 Å². The molecule has 0 saturated heterocycles. The largest absolute Gasteiger partial charge is 0.316 e. The predicted molar refractivity (Wildman–Crippen MR) is 69.7 cm³/mol. The lowest BCUT2D eigenvalue weighted by molar-refractivity contribution is 0.446. The maximum Gasteiger partial charge on any atom is 0.0305 e. The highest BCUT2D eigenvalue weighted by molar-refractivity contribution is 5.25. The summed E-state index contributed by atoms with van der Waals surface area (Å²) in [7, 11) is 0. The molecule has 0 aliphatic carbocycles. The molecule has 1 aromatic rings. The Kier molecular flexibility index (Phi) is 5.47. The van der Waals surface area contributed by atoms with E-state index in [0.29, 0.717) is 11.8 Å². The zero-order valence-electron chi connectivity index (χ0n) is 11.0. The molecule has 0 amide bonds. The summed E-state index contributed by atoms with van der Waals surface area (Å²) in [5.41, 5.74) is 2.73. The molecular formula is C14H24N2. The Hall–Kier alpha value is -0.890. The first-order valence-corrected chi connectivity index (χ1v) is 6.28. The van der Waals surface area contributed by atoms with Crippen LogP contribution in [0.25, 0.3) is 0 Å². The molecule has 0 aromatic carbocycles. The highest BCUT2D eigenvalue weighted by Gasteiger charge is 2.15. The quantitative estimate of drug-likeness (QED) is 0.745. The molecule has 1 rings (SSSR count). The van der Waals surface area contributed by atoms with Crippen LogP contribution in [0, 0.1) is 12.8 Å². The van der Waals surface area contributed by atoms with E-state index in [1.165, 1.54) is 17.5 Å². The van der Waals surface area contributed by atoms with Crippen molar-refractivity contribution < 1.29 is 0 Å². The van der Waals surface area contributed by atoms with E-state index in [-0.39, 0.29) is 0 Å². The highest BCUT2D eigenvalue weighted by Crippen LogP contribution is 2.25. The number of aryl methyl sites for hydroxylation is 1. The number of aromatic nitrogens is 1. The van der Waals surface area contributed by atoms with Crippen LogP contribution in [-0.4, -0.2) is 18.1 Å². The zero-order chi connectivity index (χ0) is 12.0. The molecule has 0 aliphatic rings. The van der Waals surface area contributed by atoms with E-state index in [1.807, 2.05) is 12.4 Å². The molecular weight excluding hydrogens is 196 g/mol. The lowest BCUT2D eigenvalue weighted by Gasteiger charge is -2.22. The summed E-state index contributed by atoms with van der Waals surface area (Å²) in [5.74, 6) is 1.22. The van der Waals surface area contributed by atoms with Gasteiger partial charge >= 0.3 is 0 Å². The van der Waals surface area contributed by atoms with E-state index in [0.717, 1.165) is 13.1 Å². The number of nitrogens with zero attached hydrogens (tertiary/aromatic N) is 1. The van der Waals surface area contributed by atoms with Gasteiger partial charge in [-0.1, -0.05) is 20.8 Å². The van der Waals surface area contributed by atoms with Crippen LogP contribution in [0.4, 0.5) is 0 Å². The van der Waals surface area contributed by atoms with Gasteiger partial charge in [-0.2, -0.15) is 0 Å². The lowest BCUT2D eigenvalue weighted by Crippen LogP contribution is -2.25. The minimum atomic E-state index is 0.568. The second-order valence-corrected chi connectivity index (χ2v) is 4.70. The summed E-state index contributed by atoms with van der Waals surface area (Å²) in [6, 6.07) is 2.10. The minimum absolute atomic E-state index is 0.568. The number of hydrogen-bond acceptors (Lipinski definition) is 2. The summed E-state index contributed by atoms with van der Waals surface area (Å²) in [5, 5.41) is 3.48. The molecule has 2 heteroatoms. The molecule has 0 fully saturated rings. The Morgan fingerprint density at radius 2 is 2.12 bits per heavy atom. The summed E-state index contributed by atoms with van der Waals surface area (Å²) < 4.78 is 0. The van der Waals surface area contributed by atoms with Crippen molar-refractivity contribution in [3.63, 3.8) is 0 Å². The first kappa shape index (κ1) is 13.2. The van der Waals surface area contributed by atoms with Gasteiger partial charge in [0.05, 0.1) is 0 Å². The van der Waals surface area contributed by atoms with Gasteiger partial charge in [-0.05, 0) is 55.5 Å². The van der Waals surface area contributed by atoms with Crippen LogP contribution in [0.15, 0.2) is 18.5 Å². The normalized spacial score (nSPS) is 14.8. The van der Waals surface area contributed by atoms with Gasteiger partial charge in [0, 0.05) is 12.4 Å². The molecule has 1 N–H and O–H groups in total. The molecule has 2 atom stereocenters. The monoisotopic (exact) mass is 220 g/mol. The molecule has 0 bridgehead atoms. The van der Waals surface area contributed by atoms with Crippen molar-refractivity contribution in [1.29, 1.82) is 0 Å². The van der Waals surface area contributed by atoms with Crippen LogP contribution in [0.2, 0.25) is 0 Å². The molecule has 0 aliphatic heterocycles. The van der Waals surface area contributed by atoms with Crippen LogP contribution in [-0.2, 0) is 0 Å². The second-order valence-electron chi connectivity index (χ2n) is 4.70. The van der Waals surface area contributed by atoms with Crippen molar-refractivity contribution in [1.82, 2.24) is 10.3 Å². The fraction of sp³-hybridized carbons (Fsp3) is 0.643. The van der Waals surface area contributed by atoms with Gasteiger partial charge in [0.15, 0.2) is 0 Å². The van der Waals surface area contributed by atoms with Crippen LogP contribution in [0.1, 0.15) is 44.2 Å². The smallest absolute Gasteiger partial charge is 0.0305 e. The maximum absolute atomic E-state index is 4.23. The van der Waals surface area contributed by atoms with Gasteiger partial charge in [-0.15, -0.1) is 0 Å². The topological polar surface area (TPSA) is 24.9 Å². The molecule has 16 heavy (non-hydrogen) atoms. The Morgan fingerprint density at radius 1 is 1.38 bits per heavy atom. The van der Waals surface area contributed by atoms with Crippen molar-refractivity contribution in [2.45, 2.75) is 40.0 Å². The van der Waals surface area contributed by atoms with E-state index >= 15 is 0 Å². The van der Waals surface area contributed by atoms with Crippen molar-refractivity contribution in [2.24, 2.45) is 5.92 Å². The summed E-state index contributed by atoms with van der Waals surface area (Å²) in [6.45, 7) is 11.2. The molecule has 1 heterocycles. The third-order valence-corrected chi connectivity index (χ3v) is 3.32. The SMILES string of the molecule is CCCNCC(C)C(C)c1cnccc1C. The third-order valence-electron chi connectivity index (χ3n) is 3.32. The fourth-order valence-electron chi connectivity index (χ4n) is 1.94. The predicted octanol–water partition coefficient (Wildman–Crippen LogP) is 3.13. The van der Waals surface area contributed by atoms with Gasteiger partial charge in [0.25, 0.3) is 0 Å². The molecule has 0 saturated carbocycles. The van der Waals surface area contributed by atoms with Gasteiger partial charge in [0.1, 0.15) is 0 Å². The summed E-state index contributed by atoms with van der Waals surface area (Å²) in [6.07, 6.45) is 5.08. The number of rotatable bonds is 6. The van der Waals surface area contributed by atoms with Gasteiger partial charge in [0.2, 0.25) is 0 Å². The molecule has 1 aromatic heterocycles. The van der Waals surface area contributed by atoms with Crippen LogP contribution < -0.4 is 5.32 Å². The molecule has 2 unspecified atom stereocenters. The van der Waals surface area contributed by atoms with Crippen LogP contribution in [0.3, 0.4) is 0 Å². The van der Waals surface area contributed by atoms with Crippen molar-refractivity contribution in [2.75, 3.05) is 13.1 Å². The van der Waals surface area contributed by atoms with E-state index in [4.69, 9.17) is 0 Å². The molecule has 0 radical (unpaired) electrons. The Labute approximate surface area is 99.5 Å². The van der Waals surface area contributed by atoms with Crippen LogP contribution in [0.5, 0.6) is 0 Å². The minimum Gasteiger partial charge on any atom is -0.316 e. The first-order chi connectivity index (χ1) is 7.66. The number of pyridine rings is 1. The van der Waals surface area contributed by atoms with E-state index in [1.54, 1.807) is 0 Å². The third kappa shape index (κ3) is 3.60. The van der Waals surface area contributed by atoms with Crippen LogP contribution >= 0.6 is 0 Å². The zero-order valence-corrected chi connectivity index (χ0v) is 11.0.